The van der Waals surface area contributed by atoms with E-state index in [2.05, 4.69) is 208 Å². The summed E-state index contributed by atoms with van der Waals surface area (Å²) >= 11 is 0. The molecular formula is C89H114N40O8. The molecule has 17 N–H and O–H groups in total. The lowest BCUT2D eigenvalue weighted by atomic mass is 10.1. The Balaban J connectivity index is 0.000000132. The van der Waals surface area contributed by atoms with E-state index in [-0.39, 0.29) is 39.1 Å². The molecule has 0 spiro atoms. The van der Waals surface area contributed by atoms with E-state index in [0.29, 0.717) is 71.0 Å². The average molecular weight is 1870 g/mol. The number of para-hydroxylation sites is 1. The van der Waals surface area contributed by atoms with Crippen LogP contribution in [0.1, 0.15) is 23.1 Å². The van der Waals surface area contributed by atoms with Crippen LogP contribution in [0.3, 0.4) is 0 Å². The van der Waals surface area contributed by atoms with Crippen LogP contribution in [0, 0.1) is 0 Å². The molecule has 0 atom stereocenters. The summed E-state index contributed by atoms with van der Waals surface area (Å²) in [4.78, 5) is 47.2. The SMILES string of the molecule is CN(C)c1n[nH]c(N(C)CCCc2ccccc2)n1.CN(C)c1n[nH]c(N(C)CCc2ccccc2)n1.CN(C)c1n[nH]c(N(C)Cc2ccccc2)n1.CN(C)c1n[nH]c(N(C)c2ccccc2)n1.CN(c1ccc2c(c1)OCO2)c1n[nH]c(N)n1.CNc1n[nH]c(Nc2ccc3c(c2)OCO3)n1.Cn1c(N)nnc1Nc1ccc2c(c1)OCO2.Nc1nc(Nc2ccc3c(c2)OCO3)n[nH]1. The highest BCUT2D eigenvalue weighted by Crippen LogP contribution is 2.39. The van der Waals surface area contributed by atoms with Gasteiger partial charge in [0, 0.05) is 178 Å². The van der Waals surface area contributed by atoms with Gasteiger partial charge in [-0.15, -0.1) is 45.9 Å². The number of H-pyrrole nitrogens is 7. The van der Waals surface area contributed by atoms with Crippen LogP contribution in [-0.2, 0) is 26.4 Å². The van der Waals surface area contributed by atoms with Gasteiger partial charge in [-0.3, -0.25) is 4.57 Å². The normalized spacial score (nSPS) is 11.5. The Hall–Kier alpha value is -17.9. The molecule has 0 aliphatic carbocycles. The predicted octanol–water partition coefficient (Wildman–Crippen LogP) is 10.6. The van der Waals surface area contributed by atoms with Crippen molar-refractivity contribution in [3.63, 3.8) is 0 Å². The molecule has 0 bridgehead atoms. The highest BCUT2D eigenvalue weighted by molar-refractivity contribution is 5.66. The highest BCUT2D eigenvalue weighted by Gasteiger charge is 2.22. The zero-order valence-electron chi connectivity index (χ0n) is 78.7. The van der Waals surface area contributed by atoms with Crippen molar-refractivity contribution < 1.29 is 37.9 Å². The van der Waals surface area contributed by atoms with Gasteiger partial charge in [-0.1, -0.05) is 109 Å². The van der Waals surface area contributed by atoms with Crippen LogP contribution >= 0.6 is 0 Å². The molecule has 0 fully saturated rings. The van der Waals surface area contributed by atoms with E-state index < -0.39 is 0 Å². The number of benzene rings is 8. The second kappa shape index (κ2) is 47.3. The number of nitrogens with one attached hydrogen (secondary N) is 11. The quantitative estimate of drug-likeness (QED) is 0.0227. The maximum absolute atomic E-state index is 5.59. The third-order valence-electron chi connectivity index (χ3n) is 20.2. The number of nitrogens with two attached hydrogens (primary N) is 3. The first-order chi connectivity index (χ1) is 66.3. The molecule has 0 radical (unpaired) electrons. The third kappa shape index (κ3) is 27.8. The number of aryl methyl sites for hydroxylation is 1. The zero-order chi connectivity index (χ0) is 96.7. The second-order valence-corrected chi connectivity index (χ2v) is 31.3. The van der Waals surface area contributed by atoms with Gasteiger partial charge in [0.05, 0.1) is 0 Å². The lowest BCUT2D eigenvalue weighted by Crippen LogP contribution is -2.21. The van der Waals surface area contributed by atoms with Gasteiger partial charge in [0.2, 0.25) is 116 Å². The minimum absolute atomic E-state index is 0.256. The largest absolute Gasteiger partial charge is 0.454 e. The Kier molecular flexibility index (Phi) is 33.3. The van der Waals surface area contributed by atoms with Gasteiger partial charge >= 0.3 is 0 Å². The van der Waals surface area contributed by atoms with Crippen molar-refractivity contribution in [1.29, 1.82) is 0 Å². The summed E-state index contributed by atoms with van der Waals surface area (Å²) in [6, 6.07) is 63.5. The van der Waals surface area contributed by atoms with E-state index in [1.807, 2.05) is 254 Å². The summed E-state index contributed by atoms with van der Waals surface area (Å²) in [6.07, 6.45) is 3.17. The first-order valence-corrected chi connectivity index (χ1v) is 43.0. The first kappa shape index (κ1) is 96.6. The highest BCUT2D eigenvalue weighted by atomic mass is 16.7. The summed E-state index contributed by atoms with van der Waals surface area (Å²) < 4.78 is 43.7. The number of anilines is 21. The van der Waals surface area contributed by atoms with Gasteiger partial charge in [-0.05, 0) is 96.6 Å². The number of nitrogen functional groups attached to an aromatic ring is 3. The monoisotopic (exact) mass is 1870 g/mol. The number of hydrogen-bond donors (Lipinski definition) is 14. The molecule has 718 valence electrons. The Morgan fingerprint density at radius 1 is 0.336 bits per heavy atom. The van der Waals surface area contributed by atoms with Crippen molar-refractivity contribution in [1.82, 2.24) is 121 Å². The van der Waals surface area contributed by atoms with E-state index in [4.69, 9.17) is 55.1 Å². The molecule has 20 rings (SSSR count). The Labute approximate surface area is 790 Å². The number of nitrogens with zero attached hydrogens (tertiary/aromatic N) is 26. The number of hydrogen-bond acceptors (Lipinski definition) is 40. The summed E-state index contributed by atoms with van der Waals surface area (Å²) in [5, 5.41) is 67.6. The number of aromatic amines is 7. The molecule has 137 heavy (non-hydrogen) atoms. The van der Waals surface area contributed by atoms with Gasteiger partial charge in [0.15, 0.2) is 46.0 Å². The van der Waals surface area contributed by atoms with Crippen LogP contribution in [0.25, 0.3) is 0 Å². The molecule has 8 aromatic heterocycles. The molecule has 0 amide bonds. The summed E-state index contributed by atoms with van der Waals surface area (Å²) in [5.74, 6) is 15.2. The molecule has 4 aliphatic heterocycles. The number of likely N-dealkylation sites (N-methyl/N-ethyl adjacent to an activating group) is 1. The van der Waals surface area contributed by atoms with E-state index in [1.165, 1.54) is 16.7 Å². The van der Waals surface area contributed by atoms with Crippen LogP contribution in [-0.4, -0.2) is 260 Å². The summed E-state index contributed by atoms with van der Waals surface area (Å²) in [6.45, 7) is 3.72. The smallest absolute Gasteiger partial charge is 0.250 e. The Bertz CT molecular complexity index is 6340. The number of rotatable bonds is 27. The molecule has 0 saturated carbocycles. The lowest BCUT2D eigenvalue weighted by Gasteiger charge is -2.15. The predicted molar refractivity (Wildman–Crippen MR) is 528 cm³/mol. The number of aromatic nitrogens is 24. The number of fused-ring (bicyclic) bond motifs is 4. The van der Waals surface area contributed by atoms with Crippen molar-refractivity contribution in [3.05, 3.63) is 211 Å². The van der Waals surface area contributed by atoms with Gasteiger partial charge < -0.3 is 120 Å². The van der Waals surface area contributed by atoms with Crippen molar-refractivity contribution in [3.8, 4) is 46.0 Å². The Morgan fingerprint density at radius 3 is 1.18 bits per heavy atom. The molecule has 12 heterocycles. The van der Waals surface area contributed by atoms with E-state index in [0.717, 1.165) is 126 Å². The van der Waals surface area contributed by atoms with Crippen LogP contribution < -0.4 is 120 Å². The summed E-state index contributed by atoms with van der Waals surface area (Å²) in [7, 11) is 28.8. The van der Waals surface area contributed by atoms with E-state index in [9.17, 15) is 0 Å². The van der Waals surface area contributed by atoms with Gasteiger partial charge in [-0.2, -0.15) is 34.9 Å². The van der Waals surface area contributed by atoms with Crippen LogP contribution in [0.2, 0.25) is 0 Å². The van der Waals surface area contributed by atoms with Crippen molar-refractivity contribution in [2.24, 2.45) is 7.05 Å². The third-order valence-corrected chi connectivity index (χ3v) is 20.2. The topological polar surface area (TPSA) is 551 Å². The lowest BCUT2D eigenvalue weighted by molar-refractivity contribution is 0.173. The van der Waals surface area contributed by atoms with Crippen LogP contribution in [0.4, 0.5) is 124 Å². The van der Waals surface area contributed by atoms with Crippen molar-refractivity contribution in [2.75, 3.05) is 221 Å². The fourth-order valence-electron chi connectivity index (χ4n) is 12.6. The average Bonchev–Trinajstić information content (AvgIpc) is 1.70. The minimum Gasteiger partial charge on any atom is -0.454 e. The van der Waals surface area contributed by atoms with Gasteiger partial charge in [0.25, 0.3) is 5.95 Å². The first-order valence-electron chi connectivity index (χ1n) is 43.0. The van der Waals surface area contributed by atoms with E-state index in [1.54, 1.807) is 23.6 Å². The molecule has 48 heteroatoms. The zero-order valence-corrected chi connectivity index (χ0v) is 78.7. The van der Waals surface area contributed by atoms with Gasteiger partial charge in [0.1, 0.15) is 0 Å². The fraction of sp³-hybridized carbons (Fsp3) is 0.281. The minimum atomic E-state index is 0.256. The van der Waals surface area contributed by atoms with E-state index >= 15 is 0 Å². The summed E-state index contributed by atoms with van der Waals surface area (Å²) in [5.41, 5.74) is 24.9. The fourth-order valence-corrected chi connectivity index (χ4v) is 12.6. The van der Waals surface area contributed by atoms with Gasteiger partial charge in [-0.25, -0.2) is 35.7 Å². The second-order valence-electron chi connectivity index (χ2n) is 31.3. The van der Waals surface area contributed by atoms with Crippen molar-refractivity contribution in [2.45, 2.75) is 25.8 Å². The maximum atomic E-state index is 5.59. The van der Waals surface area contributed by atoms with Crippen molar-refractivity contribution >= 4 is 124 Å². The maximum Gasteiger partial charge on any atom is 0.250 e. The van der Waals surface area contributed by atoms with Crippen LogP contribution in [0.15, 0.2) is 194 Å². The molecule has 0 saturated heterocycles. The molecule has 8 aromatic carbocycles. The number of ether oxygens (including phenoxy) is 8. The molecule has 16 aromatic rings. The molecule has 4 aliphatic rings. The standard InChI is InChI=1S/C14H21N5.C13H19N5.C12H17N5.C11H15N5.3C10H11N5O2.C9H9N5O2/c1-18(2)13-15-14(17-16-13)19(3)11-7-10-12-8-5-4-6-9-12;1-17(2)12-14-13(16-15-12)18(3)10-9-11-7-5-4-6-8-11;1-16(2)11-13-12(15-14-11)17(3)9-10-7-5-4-6-8-10;1-15(2)10-12-11(14-13-10)16(3)9-7-5-4-6-8-9;1-15(10-12-9(11)13-14-10)6-2-3-7-8(4-6)17-5-16-7;1-15-9(11)13-14-10(15)12-6-2-3-7-8(4-6)17-5-16-7;1-11-9-13-10(15-14-9)12-6-2-3-7-8(4-6)17-5-16-7;10-8-12-9(14-13-8)11-5-1-2-6-7(3-5)16-4-15-6/h4-6,8-9H,7,10-11H2,1-3H3,(H,15,16,17);4-8H,9-10H2,1-3H3,(H,14,15,16);4-8H,9H2,1-3H3,(H,13,14,15);4-8H,1-3H3,(H,12,13,14);2-4H,5H2,1H3,(H3,11,12,13,14);2-4H,5H2,1H3,(H2,11,13)(H,12,14);2-4H,5H2,1H3,(H3,11,12,13,14,15);1-3H,4H2,(H4,10,11,12,13,14). The molecule has 48 nitrogen and oxygen atoms in total. The Morgan fingerprint density at radius 2 is 0.737 bits per heavy atom. The van der Waals surface area contributed by atoms with Crippen LogP contribution in [0.5, 0.6) is 46.0 Å². The molecular weight excluding hydrogens is 1760 g/mol. The molecule has 0 unspecified atom stereocenters.